The molecule has 0 spiro atoms. The lowest BCUT2D eigenvalue weighted by molar-refractivity contribution is -0.145. The number of piperazine rings is 1. The van der Waals surface area contributed by atoms with Gasteiger partial charge in [0.1, 0.15) is 6.10 Å². The molecule has 1 aromatic carbocycles. The van der Waals surface area contributed by atoms with E-state index in [-0.39, 0.29) is 29.3 Å². The Bertz CT molecular complexity index is 832. The maximum Gasteiger partial charge on any atom is 0.311 e. The Hall–Kier alpha value is -1.69. The van der Waals surface area contributed by atoms with Crippen molar-refractivity contribution in [3.63, 3.8) is 0 Å². The quantitative estimate of drug-likeness (QED) is 0.595. The fourth-order valence-electron chi connectivity index (χ4n) is 6.52. The molecule has 5 rings (SSSR count). The molecule has 168 valence electrons. The second-order valence-corrected chi connectivity index (χ2v) is 10.4. The summed E-state index contributed by atoms with van der Waals surface area (Å²) < 4.78 is 5.84. The molecule has 3 fully saturated rings. The van der Waals surface area contributed by atoms with Crippen LogP contribution in [0.1, 0.15) is 38.7 Å². The second-order valence-electron chi connectivity index (χ2n) is 10.4. The molecule has 0 bridgehead atoms. The minimum absolute atomic E-state index is 0.0856. The third-order valence-corrected chi connectivity index (χ3v) is 8.74. The maximum atomic E-state index is 12.9. The van der Waals surface area contributed by atoms with E-state index in [9.17, 15) is 9.90 Å². The molecular formula is C26H36N2O3. The molecule has 0 radical (unpaired) electrons. The molecule has 1 N–H and O–H groups in total. The van der Waals surface area contributed by atoms with Gasteiger partial charge in [-0.2, -0.15) is 0 Å². The topological polar surface area (TPSA) is 53.0 Å². The highest BCUT2D eigenvalue weighted by atomic mass is 16.6. The van der Waals surface area contributed by atoms with Gasteiger partial charge in [-0.1, -0.05) is 55.8 Å². The first-order valence-corrected chi connectivity index (χ1v) is 12.0. The summed E-state index contributed by atoms with van der Waals surface area (Å²) in [5.74, 6) is 0.0309. The highest BCUT2D eigenvalue weighted by molar-refractivity contribution is 5.76. The van der Waals surface area contributed by atoms with Gasteiger partial charge in [0.25, 0.3) is 0 Å². The summed E-state index contributed by atoms with van der Waals surface area (Å²) in [5.41, 5.74) is 2.44. The van der Waals surface area contributed by atoms with E-state index in [4.69, 9.17) is 4.74 Å². The molecule has 5 heteroatoms. The number of nitrogens with zero attached hydrogens (tertiary/aromatic N) is 2. The van der Waals surface area contributed by atoms with Gasteiger partial charge in [0, 0.05) is 57.0 Å². The van der Waals surface area contributed by atoms with Crippen LogP contribution < -0.4 is 0 Å². The third kappa shape index (κ3) is 3.75. The van der Waals surface area contributed by atoms with Gasteiger partial charge in [0.05, 0.1) is 12.0 Å². The molecule has 2 aliphatic heterocycles. The van der Waals surface area contributed by atoms with Crippen molar-refractivity contribution in [2.24, 2.45) is 23.2 Å². The van der Waals surface area contributed by atoms with Crippen molar-refractivity contribution < 1.29 is 14.6 Å². The van der Waals surface area contributed by atoms with Gasteiger partial charge in [0.15, 0.2) is 0 Å². The molecule has 2 aliphatic carbocycles. The van der Waals surface area contributed by atoms with Crippen molar-refractivity contribution in [3.8, 4) is 0 Å². The zero-order valence-corrected chi connectivity index (χ0v) is 18.9. The molecule has 4 aliphatic rings. The number of carbonyl (C=O) groups is 1. The maximum absolute atomic E-state index is 12.9. The van der Waals surface area contributed by atoms with Crippen LogP contribution in [0.2, 0.25) is 0 Å². The highest BCUT2D eigenvalue weighted by Crippen LogP contribution is 2.56. The molecule has 2 saturated heterocycles. The van der Waals surface area contributed by atoms with Gasteiger partial charge in [-0.15, -0.1) is 0 Å². The SMILES string of the molecule is C[C@@H]1CCC=C2C[C@H]3OC(=O)[C@@H](CN4CCN(Cc5ccccc5)CC4)[C@H]3[C@@H](O)[C@@]21C. The summed E-state index contributed by atoms with van der Waals surface area (Å²) in [5, 5.41) is 11.5. The van der Waals surface area contributed by atoms with E-state index in [1.807, 2.05) is 0 Å². The van der Waals surface area contributed by atoms with Gasteiger partial charge in [0.2, 0.25) is 0 Å². The highest BCUT2D eigenvalue weighted by Gasteiger charge is 2.59. The van der Waals surface area contributed by atoms with Gasteiger partial charge in [-0.25, -0.2) is 0 Å². The number of hydrogen-bond donors (Lipinski definition) is 1. The minimum Gasteiger partial charge on any atom is -0.461 e. The Labute approximate surface area is 186 Å². The van der Waals surface area contributed by atoms with E-state index in [0.717, 1.165) is 52.0 Å². The number of benzene rings is 1. The van der Waals surface area contributed by atoms with Crippen molar-refractivity contribution in [2.75, 3.05) is 32.7 Å². The third-order valence-electron chi connectivity index (χ3n) is 8.74. The fraction of sp³-hybridized carbons (Fsp3) is 0.654. The fourth-order valence-corrected chi connectivity index (χ4v) is 6.52. The molecule has 0 unspecified atom stereocenters. The largest absolute Gasteiger partial charge is 0.461 e. The zero-order valence-electron chi connectivity index (χ0n) is 18.9. The van der Waals surface area contributed by atoms with Crippen molar-refractivity contribution in [1.29, 1.82) is 0 Å². The monoisotopic (exact) mass is 424 g/mol. The van der Waals surface area contributed by atoms with E-state index in [2.05, 4.69) is 60.1 Å². The molecule has 6 atom stereocenters. The average molecular weight is 425 g/mol. The summed E-state index contributed by atoms with van der Waals surface area (Å²) >= 11 is 0. The Kier molecular flexibility index (Phi) is 5.70. The summed E-state index contributed by atoms with van der Waals surface area (Å²) in [6.45, 7) is 10.1. The summed E-state index contributed by atoms with van der Waals surface area (Å²) in [7, 11) is 0. The zero-order chi connectivity index (χ0) is 21.6. The van der Waals surface area contributed by atoms with E-state index < -0.39 is 6.10 Å². The lowest BCUT2D eigenvalue weighted by Crippen LogP contribution is -2.55. The molecule has 1 saturated carbocycles. The van der Waals surface area contributed by atoms with Crippen LogP contribution in [0.15, 0.2) is 42.0 Å². The number of carbonyl (C=O) groups excluding carboxylic acids is 1. The van der Waals surface area contributed by atoms with Crippen LogP contribution in [0.5, 0.6) is 0 Å². The Morgan fingerprint density at radius 3 is 2.58 bits per heavy atom. The molecule has 2 heterocycles. The Balaban J connectivity index is 1.24. The number of aliphatic hydroxyl groups is 1. The van der Waals surface area contributed by atoms with Crippen LogP contribution in [0.25, 0.3) is 0 Å². The van der Waals surface area contributed by atoms with E-state index in [1.54, 1.807) is 0 Å². The Morgan fingerprint density at radius 1 is 1.13 bits per heavy atom. The molecule has 5 nitrogen and oxygen atoms in total. The predicted octanol–water partition coefficient (Wildman–Crippen LogP) is 3.09. The summed E-state index contributed by atoms with van der Waals surface area (Å²) in [6, 6.07) is 10.6. The molecule has 31 heavy (non-hydrogen) atoms. The average Bonchev–Trinajstić information content (AvgIpc) is 3.07. The van der Waals surface area contributed by atoms with Crippen molar-refractivity contribution in [2.45, 2.75) is 51.9 Å². The first-order valence-electron chi connectivity index (χ1n) is 12.0. The van der Waals surface area contributed by atoms with Crippen LogP contribution in [-0.4, -0.2) is 65.8 Å². The van der Waals surface area contributed by atoms with Crippen LogP contribution in [0.4, 0.5) is 0 Å². The molecule has 0 amide bonds. The number of fused-ring (bicyclic) bond motifs is 2. The predicted molar refractivity (Wildman–Crippen MR) is 120 cm³/mol. The van der Waals surface area contributed by atoms with E-state index in [0.29, 0.717) is 12.5 Å². The lowest BCUT2D eigenvalue weighted by Gasteiger charge is -2.52. The van der Waals surface area contributed by atoms with Gasteiger partial charge >= 0.3 is 5.97 Å². The second kappa shape index (κ2) is 8.34. The molecule has 0 aromatic heterocycles. The number of esters is 1. The molecule has 1 aromatic rings. The van der Waals surface area contributed by atoms with Crippen LogP contribution in [-0.2, 0) is 16.1 Å². The minimum atomic E-state index is -0.511. The van der Waals surface area contributed by atoms with E-state index >= 15 is 0 Å². The van der Waals surface area contributed by atoms with Crippen LogP contribution in [0.3, 0.4) is 0 Å². The van der Waals surface area contributed by atoms with Gasteiger partial charge < -0.3 is 9.84 Å². The van der Waals surface area contributed by atoms with Crippen molar-refractivity contribution >= 4 is 5.97 Å². The number of rotatable bonds is 4. The van der Waals surface area contributed by atoms with Crippen LogP contribution in [0, 0.1) is 23.2 Å². The number of allylic oxidation sites excluding steroid dienone is 1. The first-order chi connectivity index (χ1) is 15.0. The number of hydrogen-bond acceptors (Lipinski definition) is 5. The summed E-state index contributed by atoms with van der Waals surface area (Å²) in [6.07, 6.45) is 4.61. The van der Waals surface area contributed by atoms with Crippen LogP contribution >= 0.6 is 0 Å². The smallest absolute Gasteiger partial charge is 0.311 e. The standard InChI is InChI=1S/C26H36N2O3/c1-18-7-6-10-20-15-22-23(24(29)26(18,20)2)21(25(30)31-22)17-28-13-11-27(12-14-28)16-19-8-4-3-5-9-19/h3-5,8-10,18,21-24,29H,6-7,11-17H2,1-2H3/t18-,21+,22-,23-,24-,26-/m1/s1. The van der Waals surface area contributed by atoms with Gasteiger partial charge in [-0.3, -0.25) is 14.6 Å². The normalized spacial score (nSPS) is 38.9. The van der Waals surface area contributed by atoms with Crippen molar-refractivity contribution in [3.05, 3.63) is 47.5 Å². The van der Waals surface area contributed by atoms with Gasteiger partial charge in [-0.05, 0) is 24.3 Å². The number of ether oxygens (including phenoxy) is 1. The summed E-state index contributed by atoms with van der Waals surface area (Å²) in [4.78, 5) is 17.8. The van der Waals surface area contributed by atoms with E-state index in [1.165, 1.54) is 11.1 Å². The molecular weight excluding hydrogens is 388 g/mol. The lowest BCUT2D eigenvalue weighted by atomic mass is 9.55. The Morgan fingerprint density at radius 2 is 1.84 bits per heavy atom. The first kappa shape index (κ1) is 21.2. The van der Waals surface area contributed by atoms with Crippen molar-refractivity contribution in [1.82, 2.24) is 9.80 Å². The number of aliphatic hydroxyl groups excluding tert-OH is 1.